The van der Waals surface area contributed by atoms with Gasteiger partial charge in [-0.1, -0.05) is 35.9 Å². The number of aryl methyl sites for hydroxylation is 1. The number of benzene rings is 2. The average Bonchev–Trinajstić information content (AvgIpc) is 3.15. The monoisotopic (exact) mass is 396 g/mol. The summed E-state index contributed by atoms with van der Waals surface area (Å²) < 4.78 is 5.66. The van der Waals surface area contributed by atoms with Gasteiger partial charge < -0.3 is 14.6 Å². The molecular formula is C22H21ClN2O3. The van der Waals surface area contributed by atoms with Gasteiger partial charge in [-0.3, -0.25) is 9.59 Å². The van der Waals surface area contributed by atoms with E-state index in [1.807, 2.05) is 50.2 Å². The predicted molar refractivity (Wildman–Crippen MR) is 111 cm³/mol. The van der Waals surface area contributed by atoms with Gasteiger partial charge in [0.15, 0.2) is 5.76 Å². The van der Waals surface area contributed by atoms with E-state index in [1.165, 1.54) is 4.90 Å². The molecule has 1 N–H and O–H groups in total. The molecule has 0 bridgehead atoms. The van der Waals surface area contributed by atoms with Gasteiger partial charge >= 0.3 is 0 Å². The van der Waals surface area contributed by atoms with E-state index >= 15 is 0 Å². The number of hydrogen-bond acceptors (Lipinski definition) is 3. The summed E-state index contributed by atoms with van der Waals surface area (Å²) in [7, 11) is 1.56. The second-order valence-corrected chi connectivity index (χ2v) is 7.01. The fraction of sp³-hybridized carbons (Fsp3) is 0.182. The predicted octanol–water partition coefficient (Wildman–Crippen LogP) is 4.93. The first kappa shape index (κ1) is 19.7. The first-order valence-corrected chi connectivity index (χ1v) is 9.21. The number of rotatable bonds is 5. The number of carbonyl (C=O) groups is 2. The Morgan fingerprint density at radius 2 is 1.79 bits per heavy atom. The molecule has 6 heteroatoms. The molecule has 3 aromatic rings. The smallest absolute Gasteiger partial charge is 0.289 e. The second kappa shape index (κ2) is 8.31. The van der Waals surface area contributed by atoms with E-state index in [9.17, 15) is 9.59 Å². The third kappa shape index (κ3) is 4.26. The number of hydrogen-bond donors (Lipinski definition) is 1. The van der Waals surface area contributed by atoms with Gasteiger partial charge in [0, 0.05) is 18.3 Å². The van der Waals surface area contributed by atoms with Gasteiger partial charge in [-0.15, -0.1) is 0 Å². The number of halogens is 1. The number of nitrogens with one attached hydrogen (secondary N) is 1. The normalized spacial score (nSPS) is 10.6. The van der Waals surface area contributed by atoms with Crippen LogP contribution < -0.4 is 5.32 Å². The maximum atomic E-state index is 12.6. The van der Waals surface area contributed by atoms with Crippen molar-refractivity contribution in [1.29, 1.82) is 0 Å². The Hall–Kier alpha value is -3.05. The molecule has 2 amide bonds. The second-order valence-electron chi connectivity index (χ2n) is 6.60. The van der Waals surface area contributed by atoms with Crippen LogP contribution in [0.25, 0.3) is 11.3 Å². The highest BCUT2D eigenvalue weighted by Gasteiger charge is 2.20. The molecule has 0 fully saturated rings. The third-order valence-electron chi connectivity index (χ3n) is 4.56. The molecule has 1 heterocycles. The van der Waals surface area contributed by atoms with Crippen molar-refractivity contribution >= 4 is 29.1 Å². The fourth-order valence-corrected chi connectivity index (χ4v) is 3.04. The van der Waals surface area contributed by atoms with Crippen molar-refractivity contribution in [3.8, 4) is 11.3 Å². The van der Waals surface area contributed by atoms with Crippen LogP contribution in [0.2, 0.25) is 5.02 Å². The first-order chi connectivity index (χ1) is 13.4. The Morgan fingerprint density at radius 1 is 1.04 bits per heavy atom. The highest BCUT2D eigenvalue weighted by Crippen LogP contribution is 2.29. The van der Waals surface area contributed by atoms with Crippen LogP contribution in [0.4, 0.5) is 5.69 Å². The Morgan fingerprint density at radius 3 is 2.54 bits per heavy atom. The summed E-state index contributed by atoms with van der Waals surface area (Å²) in [5.74, 6) is -0.00371. The van der Waals surface area contributed by atoms with Gasteiger partial charge in [-0.05, 0) is 55.3 Å². The summed E-state index contributed by atoms with van der Waals surface area (Å²) in [5.41, 5.74) is 3.54. The van der Waals surface area contributed by atoms with Crippen molar-refractivity contribution in [2.24, 2.45) is 0 Å². The van der Waals surface area contributed by atoms with Crippen molar-refractivity contribution in [3.05, 3.63) is 76.5 Å². The number of furan rings is 1. The van der Waals surface area contributed by atoms with Crippen molar-refractivity contribution in [2.75, 3.05) is 18.9 Å². The van der Waals surface area contributed by atoms with Crippen LogP contribution in [-0.2, 0) is 4.79 Å². The van der Waals surface area contributed by atoms with E-state index in [0.717, 1.165) is 16.8 Å². The van der Waals surface area contributed by atoms with E-state index in [0.29, 0.717) is 16.3 Å². The minimum absolute atomic E-state index is 0.0889. The van der Waals surface area contributed by atoms with E-state index in [4.69, 9.17) is 16.0 Å². The molecule has 28 heavy (non-hydrogen) atoms. The minimum Gasteiger partial charge on any atom is -0.451 e. The molecule has 0 aliphatic heterocycles. The number of amides is 2. The van der Waals surface area contributed by atoms with E-state index in [-0.39, 0.29) is 24.1 Å². The van der Waals surface area contributed by atoms with E-state index in [1.54, 1.807) is 25.2 Å². The maximum Gasteiger partial charge on any atom is 0.289 e. The molecule has 0 saturated heterocycles. The molecule has 0 unspecified atom stereocenters. The molecule has 144 valence electrons. The number of likely N-dealkylation sites (N-methyl/N-ethyl adjacent to an activating group) is 1. The molecule has 2 aromatic carbocycles. The van der Waals surface area contributed by atoms with Crippen molar-refractivity contribution in [1.82, 2.24) is 4.90 Å². The molecule has 0 atom stereocenters. The van der Waals surface area contributed by atoms with Gasteiger partial charge in [0.2, 0.25) is 5.91 Å². The van der Waals surface area contributed by atoms with Gasteiger partial charge in [0.1, 0.15) is 5.76 Å². The van der Waals surface area contributed by atoms with Crippen molar-refractivity contribution in [3.63, 3.8) is 0 Å². The van der Waals surface area contributed by atoms with Crippen LogP contribution in [0.3, 0.4) is 0 Å². The lowest BCUT2D eigenvalue weighted by atomic mass is 10.1. The minimum atomic E-state index is -0.380. The van der Waals surface area contributed by atoms with Crippen LogP contribution in [0, 0.1) is 13.8 Å². The zero-order valence-corrected chi connectivity index (χ0v) is 16.7. The summed E-state index contributed by atoms with van der Waals surface area (Å²) in [6, 6.07) is 16.2. The number of carbonyl (C=O) groups excluding carboxylic acids is 2. The zero-order chi connectivity index (χ0) is 20.3. The van der Waals surface area contributed by atoms with Gasteiger partial charge in [0.05, 0.1) is 11.6 Å². The Labute approximate surface area is 168 Å². The van der Waals surface area contributed by atoms with Crippen LogP contribution in [0.5, 0.6) is 0 Å². The quantitative estimate of drug-likeness (QED) is 0.665. The fourth-order valence-electron chi connectivity index (χ4n) is 2.81. The van der Waals surface area contributed by atoms with Crippen molar-refractivity contribution < 1.29 is 14.0 Å². The SMILES string of the molecule is Cc1cccc(NC(=O)CN(C)C(=O)c2ccc(-c3ccccc3Cl)o2)c1C. The van der Waals surface area contributed by atoms with Crippen LogP contribution >= 0.6 is 11.6 Å². The molecule has 1 aromatic heterocycles. The molecular weight excluding hydrogens is 376 g/mol. The van der Waals surface area contributed by atoms with Crippen LogP contribution in [0.15, 0.2) is 59.0 Å². The summed E-state index contributed by atoms with van der Waals surface area (Å²) >= 11 is 6.17. The van der Waals surface area contributed by atoms with Gasteiger partial charge in [-0.25, -0.2) is 0 Å². The highest BCUT2D eigenvalue weighted by atomic mass is 35.5. The number of nitrogens with zero attached hydrogens (tertiary/aromatic N) is 1. The summed E-state index contributed by atoms with van der Waals surface area (Å²) in [6.45, 7) is 3.83. The lowest BCUT2D eigenvalue weighted by Gasteiger charge is -2.16. The molecule has 5 nitrogen and oxygen atoms in total. The standard InChI is InChI=1S/C22H21ClN2O3/c1-14-7-6-10-18(15(14)2)24-21(26)13-25(3)22(27)20-12-11-19(28-20)16-8-4-5-9-17(16)23/h4-12H,13H2,1-3H3,(H,24,26). The number of anilines is 1. The molecule has 0 spiro atoms. The van der Waals surface area contributed by atoms with Crippen LogP contribution in [0.1, 0.15) is 21.7 Å². The largest absolute Gasteiger partial charge is 0.451 e. The van der Waals surface area contributed by atoms with E-state index in [2.05, 4.69) is 5.32 Å². The zero-order valence-electron chi connectivity index (χ0n) is 16.0. The Kier molecular flexibility index (Phi) is 5.85. The summed E-state index contributed by atoms with van der Waals surface area (Å²) in [5, 5.41) is 3.38. The maximum absolute atomic E-state index is 12.6. The molecule has 0 radical (unpaired) electrons. The van der Waals surface area contributed by atoms with Gasteiger partial charge in [-0.2, -0.15) is 0 Å². The third-order valence-corrected chi connectivity index (χ3v) is 4.89. The van der Waals surface area contributed by atoms with Crippen LogP contribution in [-0.4, -0.2) is 30.3 Å². The van der Waals surface area contributed by atoms with E-state index < -0.39 is 0 Å². The average molecular weight is 397 g/mol. The Balaban J connectivity index is 1.67. The molecule has 0 aliphatic carbocycles. The summed E-state index contributed by atoms with van der Waals surface area (Å²) in [6.07, 6.45) is 0. The first-order valence-electron chi connectivity index (χ1n) is 8.83. The lowest BCUT2D eigenvalue weighted by Crippen LogP contribution is -2.34. The highest BCUT2D eigenvalue weighted by molar-refractivity contribution is 6.33. The Bertz CT molecular complexity index is 1030. The molecule has 3 rings (SSSR count). The topological polar surface area (TPSA) is 62.6 Å². The molecule has 0 saturated carbocycles. The van der Waals surface area contributed by atoms with Gasteiger partial charge in [0.25, 0.3) is 5.91 Å². The molecule has 0 aliphatic rings. The summed E-state index contributed by atoms with van der Waals surface area (Å²) in [4.78, 5) is 26.3. The van der Waals surface area contributed by atoms with Crippen molar-refractivity contribution in [2.45, 2.75) is 13.8 Å². The lowest BCUT2D eigenvalue weighted by molar-refractivity contribution is -0.116.